The highest BCUT2D eigenvalue weighted by Gasteiger charge is 2.00. The molecule has 100 valence electrons. The first-order chi connectivity index (χ1) is 9.17. The lowest BCUT2D eigenvalue weighted by Gasteiger charge is -2.05. The van der Waals surface area contributed by atoms with E-state index >= 15 is 0 Å². The fourth-order valence-electron chi connectivity index (χ4n) is 1.73. The summed E-state index contributed by atoms with van der Waals surface area (Å²) in [5.74, 6) is 0.799. The second kappa shape index (κ2) is 6.04. The van der Waals surface area contributed by atoms with Gasteiger partial charge in [-0.15, -0.1) is 0 Å². The maximum Gasteiger partial charge on any atom is 0.132 e. The van der Waals surface area contributed by atoms with Crippen molar-refractivity contribution in [2.24, 2.45) is 12.2 Å². The summed E-state index contributed by atoms with van der Waals surface area (Å²) in [5, 5.41) is 16.0. The minimum absolute atomic E-state index is 0.456. The summed E-state index contributed by atoms with van der Waals surface area (Å²) >= 11 is 0. The second-order valence-electron chi connectivity index (χ2n) is 4.43. The largest absolute Gasteiger partial charge is 0.487 e. The Morgan fingerprint density at radius 1 is 1.32 bits per heavy atom. The minimum atomic E-state index is 0.456. The van der Waals surface area contributed by atoms with Crippen LogP contribution in [0.3, 0.4) is 0 Å². The molecule has 1 aromatic carbocycles. The number of benzene rings is 1. The molecule has 0 aliphatic carbocycles. The lowest BCUT2D eigenvalue weighted by molar-refractivity contribution is 0.300. The Morgan fingerprint density at radius 2 is 2.05 bits per heavy atom. The van der Waals surface area contributed by atoms with E-state index in [0.717, 1.165) is 17.0 Å². The summed E-state index contributed by atoms with van der Waals surface area (Å²) in [6.45, 7) is 2.24. The molecular weight excluding hydrogens is 242 g/mol. The Balaban J connectivity index is 1.91. The molecule has 1 N–H and O–H groups in total. The first-order valence-electron chi connectivity index (χ1n) is 6.05. The first kappa shape index (κ1) is 13.1. The lowest BCUT2D eigenvalue weighted by Crippen LogP contribution is -1.99. The van der Waals surface area contributed by atoms with E-state index in [2.05, 4.69) is 10.3 Å². The number of ether oxygens (including phenoxy) is 1. The van der Waals surface area contributed by atoms with Crippen LogP contribution in [0.15, 0.2) is 41.7 Å². The zero-order chi connectivity index (χ0) is 13.7. The van der Waals surface area contributed by atoms with Crippen LogP contribution in [0.2, 0.25) is 0 Å². The van der Waals surface area contributed by atoms with E-state index in [9.17, 15) is 0 Å². The van der Waals surface area contributed by atoms with Gasteiger partial charge in [-0.2, -0.15) is 5.10 Å². The maximum atomic E-state index is 8.62. The molecule has 1 heterocycles. The van der Waals surface area contributed by atoms with Crippen LogP contribution in [0.5, 0.6) is 5.75 Å². The third-order valence-corrected chi connectivity index (χ3v) is 2.71. The Morgan fingerprint density at radius 3 is 2.63 bits per heavy atom. The van der Waals surface area contributed by atoms with Crippen molar-refractivity contribution in [2.45, 2.75) is 20.0 Å². The zero-order valence-corrected chi connectivity index (χ0v) is 11.1. The Hall–Kier alpha value is -2.30. The van der Waals surface area contributed by atoms with E-state index < -0.39 is 0 Å². The van der Waals surface area contributed by atoms with Gasteiger partial charge in [0.2, 0.25) is 0 Å². The van der Waals surface area contributed by atoms with Gasteiger partial charge in [-0.1, -0.05) is 17.3 Å². The zero-order valence-electron chi connectivity index (χ0n) is 11.1. The molecule has 5 heteroatoms. The van der Waals surface area contributed by atoms with Crippen molar-refractivity contribution >= 4 is 5.71 Å². The predicted octanol–water partition coefficient (Wildman–Crippen LogP) is 2.39. The van der Waals surface area contributed by atoms with Gasteiger partial charge in [0.05, 0.1) is 11.4 Å². The Labute approximate surface area is 112 Å². The summed E-state index contributed by atoms with van der Waals surface area (Å²) in [6.07, 6.45) is 2.52. The average Bonchev–Trinajstić information content (AvgIpc) is 2.83. The number of oxime groups is 1. The third kappa shape index (κ3) is 3.84. The number of aryl methyl sites for hydroxylation is 1. The molecule has 0 saturated heterocycles. The van der Waals surface area contributed by atoms with Gasteiger partial charge in [-0.25, -0.2) is 0 Å². The number of hydrogen-bond acceptors (Lipinski definition) is 4. The summed E-state index contributed by atoms with van der Waals surface area (Å²) in [7, 11) is 1.88. The molecule has 0 aliphatic heterocycles. The summed E-state index contributed by atoms with van der Waals surface area (Å²) in [6, 6.07) is 9.66. The number of aromatic nitrogens is 2. The molecule has 0 amide bonds. The van der Waals surface area contributed by atoms with Gasteiger partial charge in [0.15, 0.2) is 0 Å². The summed E-state index contributed by atoms with van der Waals surface area (Å²) in [5.41, 5.74) is 2.66. The Kier molecular flexibility index (Phi) is 4.18. The van der Waals surface area contributed by atoms with Crippen LogP contribution in [0.4, 0.5) is 0 Å². The monoisotopic (exact) mass is 259 g/mol. The number of nitrogens with zero attached hydrogens (tertiary/aromatic N) is 3. The van der Waals surface area contributed by atoms with Crippen LogP contribution in [-0.4, -0.2) is 20.7 Å². The predicted molar refractivity (Wildman–Crippen MR) is 72.6 cm³/mol. The van der Waals surface area contributed by atoms with Crippen molar-refractivity contribution in [3.8, 4) is 5.75 Å². The average molecular weight is 259 g/mol. The van der Waals surface area contributed by atoms with Gasteiger partial charge >= 0.3 is 0 Å². The topological polar surface area (TPSA) is 59.6 Å². The molecule has 0 fully saturated rings. The molecule has 1 aromatic heterocycles. The molecule has 0 radical (unpaired) electrons. The van der Waals surface area contributed by atoms with Gasteiger partial charge in [-0.05, 0) is 30.7 Å². The van der Waals surface area contributed by atoms with Gasteiger partial charge in [-0.3, -0.25) is 4.68 Å². The smallest absolute Gasteiger partial charge is 0.132 e. The highest BCUT2D eigenvalue weighted by atomic mass is 16.5. The van der Waals surface area contributed by atoms with Crippen LogP contribution < -0.4 is 4.74 Å². The van der Waals surface area contributed by atoms with Crippen molar-refractivity contribution in [1.82, 2.24) is 9.78 Å². The van der Waals surface area contributed by atoms with E-state index in [4.69, 9.17) is 9.94 Å². The van der Waals surface area contributed by atoms with Gasteiger partial charge in [0, 0.05) is 19.7 Å². The van der Waals surface area contributed by atoms with E-state index in [0.29, 0.717) is 18.7 Å². The van der Waals surface area contributed by atoms with Crippen molar-refractivity contribution in [3.05, 3.63) is 47.8 Å². The van der Waals surface area contributed by atoms with Crippen LogP contribution in [-0.2, 0) is 20.1 Å². The molecule has 2 aromatic rings. The van der Waals surface area contributed by atoms with Crippen molar-refractivity contribution < 1.29 is 9.94 Å². The highest BCUT2D eigenvalue weighted by Crippen LogP contribution is 2.14. The van der Waals surface area contributed by atoms with Crippen LogP contribution in [0.1, 0.15) is 18.2 Å². The van der Waals surface area contributed by atoms with Gasteiger partial charge < -0.3 is 9.94 Å². The molecule has 0 saturated carbocycles. The van der Waals surface area contributed by atoms with Crippen LogP contribution in [0.25, 0.3) is 0 Å². The molecule has 0 unspecified atom stereocenters. The first-order valence-corrected chi connectivity index (χ1v) is 6.05. The molecule has 2 rings (SSSR count). The van der Waals surface area contributed by atoms with E-state index in [1.165, 1.54) is 0 Å². The van der Waals surface area contributed by atoms with Crippen LogP contribution >= 0.6 is 0 Å². The fourth-order valence-corrected chi connectivity index (χ4v) is 1.73. The fraction of sp³-hybridized carbons (Fsp3) is 0.286. The van der Waals surface area contributed by atoms with Gasteiger partial charge in [0.25, 0.3) is 0 Å². The molecule has 0 bridgehead atoms. The summed E-state index contributed by atoms with van der Waals surface area (Å²) in [4.78, 5) is 0. The molecule has 5 nitrogen and oxygen atoms in total. The Bertz CT molecular complexity index is 558. The second-order valence-corrected chi connectivity index (χ2v) is 4.43. The van der Waals surface area contributed by atoms with Crippen molar-refractivity contribution in [2.75, 3.05) is 0 Å². The number of hydrogen-bond donors (Lipinski definition) is 1. The van der Waals surface area contributed by atoms with E-state index in [1.807, 2.05) is 43.6 Å². The number of rotatable bonds is 5. The highest BCUT2D eigenvalue weighted by molar-refractivity contribution is 5.83. The maximum absolute atomic E-state index is 8.62. The van der Waals surface area contributed by atoms with Crippen LogP contribution in [0, 0.1) is 0 Å². The van der Waals surface area contributed by atoms with Crippen molar-refractivity contribution in [1.29, 1.82) is 0 Å². The molecule has 0 aliphatic rings. The quantitative estimate of drug-likeness (QED) is 0.509. The molecule has 0 atom stereocenters. The molecular formula is C14H17N3O2. The van der Waals surface area contributed by atoms with E-state index in [-0.39, 0.29) is 0 Å². The minimum Gasteiger partial charge on any atom is -0.487 e. The van der Waals surface area contributed by atoms with Crippen molar-refractivity contribution in [3.63, 3.8) is 0 Å². The molecule has 0 spiro atoms. The molecule has 19 heavy (non-hydrogen) atoms. The summed E-state index contributed by atoms with van der Waals surface area (Å²) < 4.78 is 7.39. The SMILES string of the molecule is C/C(Cc1ccc(OCc2ccn(C)n2)cc1)=N/O. The third-order valence-electron chi connectivity index (χ3n) is 2.71. The standard InChI is InChI=1S/C14H17N3O2/c1-11(16-18)9-12-3-5-14(6-4-12)19-10-13-7-8-17(2)15-13/h3-8,18H,9-10H2,1-2H3/b16-11-. The normalized spacial score (nSPS) is 11.6. The van der Waals surface area contributed by atoms with E-state index in [1.54, 1.807) is 11.6 Å². The lowest BCUT2D eigenvalue weighted by atomic mass is 10.1. The van der Waals surface area contributed by atoms with Gasteiger partial charge in [0.1, 0.15) is 12.4 Å².